The molecule has 4 heteroatoms. The van der Waals surface area contributed by atoms with E-state index >= 15 is 0 Å². The molecular formula is C21H24N2S2. The summed E-state index contributed by atoms with van der Waals surface area (Å²) in [5.41, 5.74) is 2.39. The van der Waals surface area contributed by atoms with Crippen molar-refractivity contribution in [3.05, 3.63) is 60.2 Å². The molecule has 3 unspecified atom stereocenters. The molecule has 0 radical (unpaired) electrons. The fraction of sp³-hybridized carbons (Fsp3) is 0.381. The van der Waals surface area contributed by atoms with Gasteiger partial charge in [-0.15, -0.1) is 11.8 Å². The number of hydrogen-bond acceptors (Lipinski definition) is 2. The van der Waals surface area contributed by atoms with Gasteiger partial charge in [-0.05, 0) is 73.1 Å². The van der Waals surface area contributed by atoms with Crippen LogP contribution in [-0.2, 0) is 5.75 Å². The first-order valence-electron chi connectivity index (χ1n) is 9.10. The maximum absolute atomic E-state index is 5.51. The predicted octanol–water partition coefficient (Wildman–Crippen LogP) is 5.45. The van der Waals surface area contributed by atoms with Crippen LogP contribution in [0.2, 0.25) is 0 Å². The molecule has 0 aromatic heterocycles. The van der Waals surface area contributed by atoms with Gasteiger partial charge in [0.15, 0.2) is 5.11 Å². The Balaban J connectivity index is 1.26. The number of hydrogen-bond donors (Lipinski definition) is 2. The molecule has 0 amide bonds. The molecule has 0 spiro atoms. The summed E-state index contributed by atoms with van der Waals surface area (Å²) in [6.07, 6.45) is 5.49. The molecule has 25 heavy (non-hydrogen) atoms. The molecule has 0 saturated heterocycles. The number of thioether (sulfide) groups is 1. The van der Waals surface area contributed by atoms with Gasteiger partial charge in [-0.25, -0.2) is 0 Å². The van der Waals surface area contributed by atoms with Crippen LogP contribution in [0.1, 0.15) is 31.2 Å². The average molecular weight is 369 g/mol. The zero-order chi connectivity index (χ0) is 17.1. The number of anilines is 1. The maximum Gasteiger partial charge on any atom is 0.171 e. The lowest BCUT2D eigenvalue weighted by molar-refractivity contribution is 0.392. The largest absolute Gasteiger partial charge is 0.359 e. The van der Waals surface area contributed by atoms with Crippen molar-refractivity contribution in [3.63, 3.8) is 0 Å². The quantitative estimate of drug-likeness (QED) is 0.541. The monoisotopic (exact) mass is 368 g/mol. The van der Waals surface area contributed by atoms with Gasteiger partial charge < -0.3 is 10.6 Å². The van der Waals surface area contributed by atoms with E-state index in [9.17, 15) is 0 Å². The molecule has 3 atom stereocenters. The lowest BCUT2D eigenvalue weighted by Crippen LogP contribution is -2.40. The van der Waals surface area contributed by atoms with Crippen molar-refractivity contribution in [3.8, 4) is 0 Å². The molecule has 4 rings (SSSR count). The Morgan fingerprint density at radius 2 is 1.80 bits per heavy atom. The third-order valence-electron chi connectivity index (χ3n) is 5.42. The van der Waals surface area contributed by atoms with E-state index in [0.717, 1.165) is 28.4 Å². The average Bonchev–Trinajstić information content (AvgIpc) is 3.25. The van der Waals surface area contributed by atoms with Gasteiger partial charge in [0.25, 0.3) is 0 Å². The molecule has 2 N–H and O–H groups in total. The first kappa shape index (κ1) is 16.9. The Labute approximate surface area is 159 Å². The van der Waals surface area contributed by atoms with Crippen molar-refractivity contribution in [2.45, 2.75) is 42.4 Å². The van der Waals surface area contributed by atoms with E-state index in [1.165, 1.54) is 36.1 Å². The van der Waals surface area contributed by atoms with Crippen LogP contribution >= 0.6 is 24.0 Å². The van der Waals surface area contributed by atoms with Crippen LogP contribution in [-0.4, -0.2) is 11.2 Å². The molecule has 2 aromatic rings. The zero-order valence-corrected chi connectivity index (χ0v) is 15.9. The highest BCUT2D eigenvalue weighted by molar-refractivity contribution is 7.98. The highest BCUT2D eigenvalue weighted by Crippen LogP contribution is 2.44. The van der Waals surface area contributed by atoms with Gasteiger partial charge in [0.1, 0.15) is 0 Å². The summed E-state index contributed by atoms with van der Waals surface area (Å²) >= 11 is 7.37. The molecule has 2 aromatic carbocycles. The Bertz CT molecular complexity index is 714. The van der Waals surface area contributed by atoms with Gasteiger partial charge >= 0.3 is 0 Å². The molecule has 2 nitrogen and oxygen atoms in total. The molecule has 0 heterocycles. The van der Waals surface area contributed by atoms with Crippen LogP contribution in [0.15, 0.2) is 59.5 Å². The van der Waals surface area contributed by atoms with Crippen LogP contribution in [0.25, 0.3) is 0 Å². The Kier molecular flexibility index (Phi) is 5.28. The smallest absolute Gasteiger partial charge is 0.171 e. The topological polar surface area (TPSA) is 24.1 Å². The zero-order valence-electron chi connectivity index (χ0n) is 14.3. The van der Waals surface area contributed by atoms with Crippen molar-refractivity contribution < 1.29 is 0 Å². The molecule has 130 valence electrons. The van der Waals surface area contributed by atoms with E-state index in [1.54, 1.807) is 0 Å². The van der Waals surface area contributed by atoms with E-state index in [1.807, 2.05) is 11.8 Å². The lowest BCUT2D eigenvalue weighted by Gasteiger charge is -2.24. The Morgan fingerprint density at radius 1 is 1.00 bits per heavy atom. The summed E-state index contributed by atoms with van der Waals surface area (Å²) in [5.74, 6) is 2.76. The van der Waals surface area contributed by atoms with E-state index in [4.69, 9.17) is 12.2 Å². The van der Waals surface area contributed by atoms with Gasteiger partial charge in [-0.1, -0.05) is 36.8 Å². The second-order valence-corrected chi connectivity index (χ2v) is 8.64. The van der Waals surface area contributed by atoms with Crippen LogP contribution in [0.3, 0.4) is 0 Å². The number of thiocarbonyl (C=S) groups is 1. The number of rotatable bonds is 5. The molecule has 2 bridgehead atoms. The fourth-order valence-corrected chi connectivity index (χ4v) is 5.27. The minimum absolute atomic E-state index is 0.584. The van der Waals surface area contributed by atoms with E-state index in [-0.39, 0.29) is 0 Å². The van der Waals surface area contributed by atoms with E-state index in [0.29, 0.717) is 6.04 Å². The molecule has 2 aliphatic carbocycles. The van der Waals surface area contributed by atoms with Crippen LogP contribution in [0.5, 0.6) is 0 Å². The Hall–Kier alpha value is -1.52. The van der Waals surface area contributed by atoms with Crippen LogP contribution in [0, 0.1) is 11.8 Å². The van der Waals surface area contributed by atoms with Crippen molar-refractivity contribution >= 4 is 34.8 Å². The SMILES string of the molecule is S=C(Nc1ccc(CSc2ccccc2)cc1)NC1CC2CCC1C2. The summed E-state index contributed by atoms with van der Waals surface area (Å²) < 4.78 is 0. The van der Waals surface area contributed by atoms with Crippen molar-refractivity contribution in [1.82, 2.24) is 5.32 Å². The highest BCUT2D eigenvalue weighted by Gasteiger charge is 2.39. The van der Waals surface area contributed by atoms with Gasteiger partial charge in [0, 0.05) is 22.4 Å². The van der Waals surface area contributed by atoms with Gasteiger partial charge in [-0.3, -0.25) is 0 Å². The predicted molar refractivity (Wildman–Crippen MR) is 111 cm³/mol. The summed E-state index contributed by atoms with van der Waals surface area (Å²) in [7, 11) is 0. The number of fused-ring (bicyclic) bond motifs is 2. The van der Waals surface area contributed by atoms with Gasteiger partial charge in [0.05, 0.1) is 0 Å². The third kappa shape index (κ3) is 4.36. The molecule has 0 aliphatic heterocycles. The fourth-order valence-electron chi connectivity index (χ4n) is 4.12. The van der Waals surface area contributed by atoms with Gasteiger partial charge in [-0.2, -0.15) is 0 Å². The number of benzene rings is 2. The van der Waals surface area contributed by atoms with Crippen LogP contribution < -0.4 is 10.6 Å². The van der Waals surface area contributed by atoms with Gasteiger partial charge in [0.2, 0.25) is 0 Å². The van der Waals surface area contributed by atoms with E-state index in [2.05, 4.69) is 65.2 Å². The lowest BCUT2D eigenvalue weighted by atomic mass is 9.96. The van der Waals surface area contributed by atoms with Crippen molar-refractivity contribution in [2.24, 2.45) is 11.8 Å². The summed E-state index contributed by atoms with van der Waals surface area (Å²) in [6, 6.07) is 19.7. The second kappa shape index (κ2) is 7.79. The third-order valence-corrected chi connectivity index (χ3v) is 6.72. The molecule has 2 fully saturated rings. The second-order valence-electron chi connectivity index (χ2n) is 7.18. The molecule has 2 saturated carbocycles. The van der Waals surface area contributed by atoms with Crippen molar-refractivity contribution in [1.29, 1.82) is 0 Å². The van der Waals surface area contributed by atoms with E-state index < -0.39 is 0 Å². The normalized spacial score (nSPS) is 24.2. The van der Waals surface area contributed by atoms with Crippen LogP contribution in [0.4, 0.5) is 5.69 Å². The molecule has 2 aliphatic rings. The summed E-state index contributed by atoms with van der Waals surface area (Å²) in [6.45, 7) is 0. The number of nitrogens with one attached hydrogen (secondary N) is 2. The maximum atomic E-state index is 5.51. The first-order chi connectivity index (χ1) is 12.3. The van der Waals surface area contributed by atoms with Crippen molar-refractivity contribution in [2.75, 3.05) is 5.32 Å². The minimum atomic E-state index is 0.584. The summed E-state index contributed by atoms with van der Waals surface area (Å²) in [5, 5.41) is 7.65. The minimum Gasteiger partial charge on any atom is -0.359 e. The first-order valence-corrected chi connectivity index (χ1v) is 10.5. The standard InChI is InChI=1S/C21H24N2S2/c24-21(23-20-13-16-6-9-17(20)12-16)22-18-10-7-15(8-11-18)14-25-19-4-2-1-3-5-19/h1-5,7-8,10-11,16-17,20H,6,9,12-14H2,(H2,22,23,24). The Morgan fingerprint density at radius 3 is 2.48 bits per heavy atom. The highest BCUT2D eigenvalue weighted by atomic mass is 32.2. The summed E-state index contributed by atoms with van der Waals surface area (Å²) in [4.78, 5) is 1.31. The molecular weight excluding hydrogens is 344 g/mol.